The van der Waals surface area contributed by atoms with Crippen molar-refractivity contribution in [3.8, 4) is 0 Å². The largest absolute Gasteiger partial charge is 0.359 e. The fraction of sp³-hybridized carbons (Fsp3) is 0.125. The van der Waals surface area contributed by atoms with Gasteiger partial charge in [0.25, 0.3) is 0 Å². The van der Waals surface area contributed by atoms with Gasteiger partial charge in [0.1, 0.15) is 0 Å². The predicted octanol–water partition coefficient (Wildman–Crippen LogP) is 2.67. The molecule has 0 unspecified atom stereocenters. The molecule has 0 saturated carbocycles. The lowest BCUT2D eigenvalue weighted by Gasteiger charge is -1.99. The van der Waals surface area contributed by atoms with Gasteiger partial charge in [-0.05, 0) is 6.92 Å². The molecule has 0 spiro atoms. The van der Waals surface area contributed by atoms with Crippen LogP contribution in [-0.4, -0.2) is 18.7 Å². The number of benzene rings is 2. The van der Waals surface area contributed by atoms with Gasteiger partial charge in [-0.15, -0.1) is 0 Å². The first-order valence-electron chi connectivity index (χ1n) is 6.11. The summed E-state index contributed by atoms with van der Waals surface area (Å²) in [6, 6.07) is 18.6. The van der Waals surface area contributed by atoms with E-state index in [0.29, 0.717) is 6.41 Å². The van der Waals surface area contributed by atoms with Crippen molar-refractivity contribution in [1.29, 1.82) is 0 Å². The maximum absolute atomic E-state index is 11.8. The highest BCUT2D eigenvalue weighted by atomic mass is 16.1. The summed E-state index contributed by atoms with van der Waals surface area (Å²) in [6.07, 6.45) is 0.681. The van der Waals surface area contributed by atoms with Crippen LogP contribution >= 0.6 is 0 Å². The van der Waals surface area contributed by atoms with Crippen LogP contribution in [0.4, 0.5) is 0 Å². The molecule has 3 heteroatoms. The lowest BCUT2D eigenvalue weighted by Crippen LogP contribution is -2.07. The zero-order valence-electron chi connectivity index (χ0n) is 10.9. The Morgan fingerprint density at radius 2 is 1.37 bits per heavy atom. The highest BCUT2D eigenvalue weighted by Crippen LogP contribution is 2.08. The lowest BCUT2D eigenvalue weighted by molar-refractivity contribution is -0.109. The van der Waals surface area contributed by atoms with Crippen LogP contribution in [-0.2, 0) is 4.79 Å². The highest BCUT2D eigenvalue weighted by Gasteiger charge is 2.06. The van der Waals surface area contributed by atoms with Crippen molar-refractivity contribution in [3.63, 3.8) is 0 Å². The van der Waals surface area contributed by atoms with Gasteiger partial charge in [-0.3, -0.25) is 9.59 Å². The van der Waals surface area contributed by atoms with Crippen molar-refractivity contribution in [3.05, 3.63) is 71.8 Å². The summed E-state index contributed by atoms with van der Waals surface area (Å²) >= 11 is 0. The minimum atomic E-state index is 0.0752. The molecule has 0 fully saturated rings. The molecule has 1 N–H and O–H groups in total. The zero-order valence-corrected chi connectivity index (χ0v) is 10.9. The monoisotopic (exact) mass is 255 g/mol. The maximum Gasteiger partial charge on any atom is 0.207 e. The van der Waals surface area contributed by atoms with Crippen LogP contribution < -0.4 is 5.32 Å². The van der Waals surface area contributed by atoms with E-state index in [1.165, 1.54) is 0 Å². The third-order valence-corrected chi connectivity index (χ3v) is 2.36. The Morgan fingerprint density at radius 3 is 1.63 bits per heavy atom. The average molecular weight is 255 g/mol. The maximum atomic E-state index is 11.8. The summed E-state index contributed by atoms with van der Waals surface area (Å²) in [5, 5.41) is 2.43. The minimum Gasteiger partial charge on any atom is -0.359 e. The molecule has 1 amide bonds. The number of ketones is 1. The Balaban J connectivity index is 0.000000312. The molecule has 0 aliphatic carbocycles. The molecule has 0 saturated heterocycles. The van der Waals surface area contributed by atoms with E-state index in [4.69, 9.17) is 0 Å². The number of carbonyl (C=O) groups excluding carboxylic acids is 2. The number of carbonyl (C=O) groups is 2. The lowest BCUT2D eigenvalue weighted by atomic mass is 10.0. The molecular formula is C16H17NO2. The van der Waals surface area contributed by atoms with E-state index in [-0.39, 0.29) is 5.78 Å². The molecule has 0 aromatic heterocycles. The highest BCUT2D eigenvalue weighted by molar-refractivity contribution is 6.08. The molecule has 0 atom stereocenters. The van der Waals surface area contributed by atoms with Gasteiger partial charge in [0.2, 0.25) is 6.41 Å². The Bertz CT molecular complexity index is 453. The van der Waals surface area contributed by atoms with Gasteiger partial charge in [-0.1, -0.05) is 60.7 Å². The van der Waals surface area contributed by atoms with Crippen molar-refractivity contribution in [2.24, 2.45) is 0 Å². The van der Waals surface area contributed by atoms with Crippen LogP contribution in [0.25, 0.3) is 0 Å². The summed E-state index contributed by atoms with van der Waals surface area (Å²) in [5.74, 6) is 0.0752. The average Bonchev–Trinajstić information content (AvgIpc) is 2.50. The van der Waals surface area contributed by atoms with Gasteiger partial charge in [0, 0.05) is 17.7 Å². The van der Waals surface area contributed by atoms with Crippen molar-refractivity contribution in [1.82, 2.24) is 5.32 Å². The fourth-order valence-corrected chi connectivity index (χ4v) is 1.43. The molecule has 2 aromatic carbocycles. The molecule has 3 nitrogen and oxygen atoms in total. The van der Waals surface area contributed by atoms with E-state index in [9.17, 15) is 9.59 Å². The van der Waals surface area contributed by atoms with Crippen LogP contribution in [0, 0.1) is 0 Å². The van der Waals surface area contributed by atoms with E-state index in [2.05, 4.69) is 5.32 Å². The standard InChI is InChI=1S/C13H10O.C3H7NO/c14-13(11-7-3-1-4-8-11)12-9-5-2-6-10-12;1-2-4-3-5/h1-10H;3H,2H2,1H3,(H,4,5). The minimum absolute atomic E-state index is 0.0752. The Morgan fingerprint density at radius 1 is 0.947 bits per heavy atom. The van der Waals surface area contributed by atoms with Gasteiger partial charge >= 0.3 is 0 Å². The van der Waals surface area contributed by atoms with Gasteiger partial charge in [-0.2, -0.15) is 0 Å². The molecular weight excluding hydrogens is 238 g/mol. The quantitative estimate of drug-likeness (QED) is 0.674. The van der Waals surface area contributed by atoms with E-state index >= 15 is 0 Å². The van der Waals surface area contributed by atoms with Crippen LogP contribution in [0.2, 0.25) is 0 Å². The summed E-state index contributed by atoms with van der Waals surface area (Å²) < 4.78 is 0. The van der Waals surface area contributed by atoms with Gasteiger partial charge in [0.05, 0.1) is 0 Å². The van der Waals surface area contributed by atoms with E-state index in [0.717, 1.165) is 17.7 Å². The smallest absolute Gasteiger partial charge is 0.207 e. The predicted molar refractivity (Wildman–Crippen MR) is 76.1 cm³/mol. The molecule has 0 aliphatic rings. The Labute approximate surface area is 113 Å². The number of amides is 1. The first-order valence-corrected chi connectivity index (χ1v) is 6.11. The molecule has 0 bridgehead atoms. The van der Waals surface area contributed by atoms with Crippen molar-refractivity contribution in [2.45, 2.75) is 6.92 Å². The first kappa shape index (κ1) is 14.6. The summed E-state index contributed by atoms with van der Waals surface area (Å²) in [7, 11) is 0. The van der Waals surface area contributed by atoms with Crippen molar-refractivity contribution in [2.75, 3.05) is 6.54 Å². The van der Waals surface area contributed by atoms with Crippen LogP contribution in [0.5, 0.6) is 0 Å². The number of hydrogen-bond donors (Lipinski definition) is 1. The second kappa shape index (κ2) is 8.64. The van der Waals surface area contributed by atoms with Gasteiger partial charge < -0.3 is 5.32 Å². The molecule has 19 heavy (non-hydrogen) atoms. The van der Waals surface area contributed by atoms with Crippen LogP contribution in [0.3, 0.4) is 0 Å². The zero-order chi connectivity index (χ0) is 13.9. The molecule has 2 rings (SSSR count). The second-order valence-electron chi connectivity index (χ2n) is 3.74. The van der Waals surface area contributed by atoms with E-state index in [1.54, 1.807) is 0 Å². The second-order valence-corrected chi connectivity index (χ2v) is 3.74. The fourth-order valence-electron chi connectivity index (χ4n) is 1.43. The van der Waals surface area contributed by atoms with Gasteiger partial charge in [0.15, 0.2) is 5.78 Å². The topological polar surface area (TPSA) is 46.2 Å². The number of nitrogens with one attached hydrogen (secondary N) is 1. The molecule has 0 aliphatic heterocycles. The summed E-state index contributed by atoms with van der Waals surface area (Å²) in [4.78, 5) is 21.1. The summed E-state index contributed by atoms with van der Waals surface area (Å²) in [5.41, 5.74) is 1.47. The first-order chi connectivity index (χ1) is 9.29. The molecule has 2 aromatic rings. The SMILES string of the molecule is CCNC=O.O=C(c1ccccc1)c1ccccc1. The van der Waals surface area contributed by atoms with Crippen molar-refractivity contribution >= 4 is 12.2 Å². The van der Waals surface area contributed by atoms with Crippen LogP contribution in [0.1, 0.15) is 22.8 Å². The Hall–Kier alpha value is -2.42. The third-order valence-electron chi connectivity index (χ3n) is 2.36. The molecule has 0 radical (unpaired) electrons. The number of rotatable bonds is 4. The van der Waals surface area contributed by atoms with Crippen molar-refractivity contribution < 1.29 is 9.59 Å². The molecule has 98 valence electrons. The number of hydrogen-bond acceptors (Lipinski definition) is 2. The summed E-state index contributed by atoms with van der Waals surface area (Å²) in [6.45, 7) is 2.60. The third kappa shape index (κ3) is 5.17. The Kier molecular flexibility index (Phi) is 6.66. The van der Waals surface area contributed by atoms with Gasteiger partial charge in [-0.25, -0.2) is 0 Å². The van der Waals surface area contributed by atoms with Crippen LogP contribution in [0.15, 0.2) is 60.7 Å². The molecule has 0 heterocycles. The van der Waals surface area contributed by atoms with E-state index < -0.39 is 0 Å². The normalized spacial score (nSPS) is 8.89. The van der Waals surface area contributed by atoms with E-state index in [1.807, 2.05) is 67.6 Å².